The number of fused-ring (bicyclic) bond motifs is 1. The van der Waals surface area contributed by atoms with Gasteiger partial charge in [0.1, 0.15) is 5.58 Å². The molecule has 0 aliphatic heterocycles. The van der Waals surface area contributed by atoms with Gasteiger partial charge in [-0.15, -0.1) is 10.2 Å². The van der Waals surface area contributed by atoms with Crippen LogP contribution in [0.15, 0.2) is 34.9 Å². The van der Waals surface area contributed by atoms with Crippen molar-refractivity contribution in [3.63, 3.8) is 0 Å². The average Bonchev–Trinajstić information content (AvgIpc) is 2.95. The predicted molar refractivity (Wildman–Crippen MR) is 63.7 cm³/mol. The first-order chi connectivity index (χ1) is 8.74. The van der Waals surface area contributed by atoms with Gasteiger partial charge in [-0.3, -0.25) is 0 Å². The number of hydrogen-bond acceptors (Lipinski definition) is 5. The Bertz CT molecular complexity index is 673. The van der Waals surface area contributed by atoms with E-state index < -0.39 is 6.10 Å². The summed E-state index contributed by atoms with van der Waals surface area (Å²) in [5.41, 5.74) is 1.51. The predicted octanol–water partition coefficient (Wildman–Crippen LogP) is 1.23. The van der Waals surface area contributed by atoms with E-state index in [9.17, 15) is 5.11 Å². The van der Waals surface area contributed by atoms with Gasteiger partial charge in [0.05, 0.1) is 19.4 Å². The van der Waals surface area contributed by atoms with Gasteiger partial charge in [-0.05, 0) is 11.3 Å². The van der Waals surface area contributed by atoms with Gasteiger partial charge >= 0.3 is 0 Å². The Balaban J connectivity index is 1.90. The molecule has 0 bridgehead atoms. The van der Waals surface area contributed by atoms with Gasteiger partial charge in [-0.1, -0.05) is 18.2 Å². The number of aliphatic hydroxyl groups is 1. The zero-order valence-electron chi connectivity index (χ0n) is 9.82. The van der Waals surface area contributed by atoms with Crippen LogP contribution in [0.1, 0.15) is 17.5 Å². The number of rotatable bonds is 3. The van der Waals surface area contributed by atoms with Crippen molar-refractivity contribution >= 4 is 11.0 Å². The van der Waals surface area contributed by atoms with Gasteiger partial charge in [0.2, 0.25) is 0 Å². The fourth-order valence-corrected chi connectivity index (χ4v) is 1.94. The molecule has 1 atom stereocenters. The van der Waals surface area contributed by atoms with Gasteiger partial charge in [0.15, 0.2) is 5.82 Å². The van der Waals surface area contributed by atoms with Crippen LogP contribution < -0.4 is 0 Å². The van der Waals surface area contributed by atoms with Crippen molar-refractivity contribution in [1.29, 1.82) is 0 Å². The third-order valence-electron chi connectivity index (χ3n) is 2.80. The summed E-state index contributed by atoms with van der Waals surface area (Å²) >= 11 is 0. The smallest absolute Gasteiger partial charge is 0.177 e. The topological polar surface area (TPSA) is 77.0 Å². The van der Waals surface area contributed by atoms with E-state index in [2.05, 4.69) is 15.4 Å². The molecule has 0 amide bonds. The van der Waals surface area contributed by atoms with Crippen molar-refractivity contribution < 1.29 is 9.52 Å². The van der Waals surface area contributed by atoms with Crippen LogP contribution in [0.25, 0.3) is 11.0 Å². The first-order valence-corrected chi connectivity index (χ1v) is 5.61. The van der Waals surface area contributed by atoms with E-state index in [0.29, 0.717) is 12.2 Å². The van der Waals surface area contributed by atoms with Gasteiger partial charge < -0.3 is 9.52 Å². The molecule has 3 aromatic rings. The van der Waals surface area contributed by atoms with Crippen LogP contribution in [-0.4, -0.2) is 25.3 Å². The molecule has 2 aromatic heterocycles. The monoisotopic (exact) mass is 244 g/mol. The van der Waals surface area contributed by atoms with Crippen molar-refractivity contribution in [3.05, 3.63) is 41.9 Å². The van der Waals surface area contributed by atoms with Crippen LogP contribution in [0.3, 0.4) is 0 Å². The lowest BCUT2D eigenvalue weighted by molar-refractivity contribution is 0.176. The Hall–Kier alpha value is -2.21. The van der Waals surface area contributed by atoms with Crippen LogP contribution in [0.4, 0.5) is 0 Å². The van der Waals surface area contributed by atoms with E-state index in [4.69, 9.17) is 4.42 Å². The summed E-state index contributed by atoms with van der Waals surface area (Å²) in [6.45, 7) is 0. The number of hydrogen-bond donors (Lipinski definition) is 1. The largest absolute Gasteiger partial charge is 0.464 e. The van der Waals surface area contributed by atoms with Crippen molar-refractivity contribution in [2.75, 3.05) is 0 Å². The molecular formula is C12H12N4O2. The molecule has 0 radical (unpaired) electrons. The van der Waals surface area contributed by atoms with Crippen LogP contribution in [0.5, 0.6) is 0 Å². The van der Waals surface area contributed by atoms with Crippen LogP contribution in [-0.2, 0) is 13.5 Å². The van der Waals surface area contributed by atoms with E-state index in [0.717, 1.165) is 16.5 Å². The highest BCUT2D eigenvalue weighted by atomic mass is 16.3. The van der Waals surface area contributed by atoms with E-state index in [1.54, 1.807) is 13.3 Å². The molecule has 0 aliphatic carbocycles. The molecule has 6 heteroatoms. The van der Waals surface area contributed by atoms with Crippen LogP contribution >= 0.6 is 0 Å². The minimum absolute atomic E-state index is 0.317. The molecule has 92 valence electrons. The average molecular weight is 244 g/mol. The number of tetrazole rings is 1. The van der Waals surface area contributed by atoms with E-state index >= 15 is 0 Å². The molecule has 3 rings (SSSR count). The summed E-state index contributed by atoms with van der Waals surface area (Å²) in [5.74, 6) is 0.510. The Morgan fingerprint density at radius 3 is 3.00 bits per heavy atom. The maximum atomic E-state index is 10.2. The van der Waals surface area contributed by atoms with E-state index in [1.165, 1.54) is 4.80 Å². The Morgan fingerprint density at radius 2 is 2.22 bits per heavy atom. The van der Waals surface area contributed by atoms with Gasteiger partial charge in [0, 0.05) is 17.4 Å². The number of furan rings is 1. The SMILES string of the molecule is Cn1nnc(CC(O)c2coc3ccccc23)n1. The lowest BCUT2D eigenvalue weighted by atomic mass is 10.1. The molecule has 2 heterocycles. The minimum Gasteiger partial charge on any atom is -0.464 e. The normalized spacial score (nSPS) is 13.0. The molecule has 1 aromatic carbocycles. The summed E-state index contributed by atoms with van der Waals surface area (Å²) in [6, 6.07) is 7.59. The summed E-state index contributed by atoms with van der Waals surface area (Å²) < 4.78 is 5.39. The fraction of sp³-hybridized carbons (Fsp3) is 0.250. The fourth-order valence-electron chi connectivity index (χ4n) is 1.94. The number of para-hydroxylation sites is 1. The molecule has 0 saturated heterocycles. The Kier molecular flexibility index (Phi) is 2.56. The number of nitrogens with zero attached hydrogens (tertiary/aromatic N) is 4. The number of benzene rings is 1. The van der Waals surface area contributed by atoms with Gasteiger partial charge in [-0.25, -0.2) is 0 Å². The third kappa shape index (κ3) is 1.86. The van der Waals surface area contributed by atoms with Crippen molar-refractivity contribution in [3.8, 4) is 0 Å². The highest BCUT2D eigenvalue weighted by molar-refractivity contribution is 5.81. The molecular weight excluding hydrogens is 232 g/mol. The van der Waals surface area contributed by atoms with Crippen LogP contribution in [0.2, 0.25) is 0 Å². The molecule has 18 heavy (non-hydrogen) atoms. The first-order valence-electron chi connectivity index (χ1n) is 5.61. The van der Waals surface area contributed by atoms with Gasteiger partial charge in [-0.2, -0.15) is 4.80 Å². The molecule has 0 fully saturated rings. The summed E-state index contributed by atoms with van der Waals surface area (Å²) in [7, 11) is 1.69. The third-order valence-corrected chi connectivity index (χ3v) is 2.80. The van der Waals surface area contributed by atoms with Crippen molar-refractivity contribution in [2.24, 2.45) is 7.05 Å². The highest BCUT2D eigenvalue weighted by Crippen LogP contribution is 2.27. The molecule has 1 N–H and O–H groups in total. The lowest BCUT2D eigenvalue weighted by Gasteiger charge is -2.05. The maximum Gasteiger partial charge on any atom is 0.177 e. The quantitative estimate of drug-likeness (QED) is 0.749. The molecule has 1 unspecified atom stereocenters. The lowest BCUT2D eigenvalue weighted by Crippen LogP contribution is -2.03. The maximum absolute atomic E-state index is 10.2. The molecule has 6 nitrogen and oxygen atoms in total. The number of aliphatic hydroxyl groups excluding tert-OH is 1. The number of aryl methyl sites for hydroxylation is 1. The summed E-state index contributed by atoms with van der Waals surface area (Å²) in [6.07, 6.45) is 1.20. The first kappa shape index (κ1) is 10.9. The second kappa shape index (κ2) is 4.23. The Morgan fingerprint density at radius 1 is 1.39 bits per heavy atom. The summed E-state index contributed by atoms with van der Waals surface area (Å²) in [5, 5.41) is 22.7. The zero-order valence-corrected chi connectivity index (χ0v) is 9.82. The second-order valence-electron chi connectivity index (χ2n) is 4.10. The second-order valence-corrected chi connectivity index (χ2v) is 4.10. The van der Waals surface area contributed by atoms with E-state index in [1.807, 2.05) is 24.3 Å². The Labute approximate surface area is 103 Å². The standard InChI is InChI=1S/C12H12N4O2/c1-16-14-12(13-15-16)6-10(17)9-7-18-11-5-3-2-4-8(9)11/h2-5,7,10,17H,6H2,1H3. The molecule has 0 saturated carbocycles. The van der Waals surface area contributed by atoms with Crippen molar-refractivity contribution in [1.82, 2.24) is 20.2 Å². The highest BCUT2D eigenvalue weighted by Gasteiger charge is 2.17. The zero-order chi connectivity index (χ0) is 12.5. The molecule has 0 aliphatic rings. The van der Waals surface area contributed by atoms with Gasteiger partial charge in [0.25, 0.3) is 0 Å². The van der Waals surface area contributed by atoms with E-state index in [-0.39, 0.29) is 0 Å². The van der Waals surface area contributed by atoms with Crippen LogP contribution in [0, 0.1) is 0 Å². The molecule has 0 spiro atoms. The number of aromatic nitrogens is 4. The van der Waals surface area contributed by atoms with Crippen molar-refractivity contribution in [2.45, 2.75) is 12.5 Å². The minimum atomic E-state index is -0.696. The summed E-state index contributed by atoms with van der Waals surface area (Å²) in [4.78, 5) is 1.37.